The lowest BCUT2D eigenvalue weighted by Gasteiger charge is -2.20. The Balaban J connectivity index is 1.92. The maximum atomic E-state index is 5.68. The van der Waals surface area contributed by atoms with Crippen LogP contribution in [0.5, 0.6) is 0 Å². The van der Waals surface area contributed by atoms with Crippen LogP contribution in [-0.4, -0.2) is 22.8 Å². The van der Waals surface area contributed by atoms with E-state index in [0.29, 0.717) is 5.92 Å². The number of hydrogen-bond donors (Lipinski definition) is 2. The molecule has 1 heterocycles. The Labute approximate surface area is 103 Å². The highest BCUT2D eigenvalue weighted by Gasteiger charge is 2.16. The molecule has 1 aromatic rings. The van der Waals surface area contributed by atoms with Crippen LogP contribution in [-0.2, 0) is 0 Å². The molecule has 4 heteroatoms. The summed E-state index contributed by atoms with van der Waals surface area (Å²) in [5.74, 6) is 1.44. The fourth-order valence-corrected chi connectivity index (χ4v) is 2.32. The number of nitrogens with one attached hydrogen (secondary N) is 1. The van der Waals surface area contributed by atoms with Gasteiger partial charge in [0, 0.05) is 18.5 Å². The highest BCUT2D eigenvalue weighted by Crippen LogP contribution is 2.31. The minimum Gasteiger partial charge on any atom is -0.367 e. The molecule has 0 bridgehead atoms. The number of rotatable bonds is 4. The van der Waals surface area contributed by atoms with Crippen molar-refractivity contribution in [1.82, 2.24) is 10.2 Å². The molecule has 0 aliphatic heterocycles. The summed E-state index contributed by atoms with van der Waals surface area (Å²) in [7, 11) is 0. The first kappa shape index (κ1) is 12.3. The number of anilines is 1. The van der Waals surface area contributed by atoms with Crippen LogP contribution >= 0.6 is 0 Å². The average Bonchev–Trinajstić information content (AvgIpc) is 2.38. The first-order valence-corrected chi connectivity index (χ1v) is 6.59. The lowest BCUT2D eigenvalue weighted by atomic mass is 9.87. The molecule has 1 aliphatic rings. The van der Waals surface area contributed by atoms with Gasteiger partial charge in [0.05, 0.1) is 5.69 Å². The first-order valence-electron chi connectivity index (χ1n) is 6.59. The van der Waals surface area contributed by atoms with Gasteiger partial charge >= 0.3 is 0 Å². The van der Waals surface area contributed by atoms with E-state index < -0.39 is 0 Å². The van der Waals surface area contributed by atoms with Gasteiger partial charge in [-0.2, -0.15) is 5.10 Å². The molecule has 1 aromatic heterocycles. The van der Waals surface area contributed by atoms with Crippen LogP contribution in [0.4, 0.5) is 5.82 Å². The van der Waals surface area contributed by atoms with Gasteiger partial charge in [0.2, 0.25) is 0 Å². The van der Waals surface area contributed by atoms with Crippen LogP contribution in [0.25, 0.3) is 0 Å². The molecule has 1 fully saturated rings. The zero-order valence-corrected chi connectivity index (χ0v) is 10.5. The molecule has 3 N–H and O–H groups in total. The molecule has 0 aromatic carbocycles. The lowest BCUT2D eigenvalue weighted by molar-refractivity contribution is 0.434. The Kier molecular flexibility index (Phi) is 4.31. The standard InChI is InChI=1S/C13H22N4/c1-10(14)9-15-13-8-7-12(16-17-13)11-5-3-2-4-6-11/h7-8,10-11H,2-6,9,14H2,1H3,(H,15,17). The summed E-state index contributed by atoms with van der Waals surface area (Å²) < 4.78 is 0. The normalized spacial score (nSPS) is 18.9. The Morgan fingerprint density at radius 3 is 2.65 bits per heavy atom. The van der Waals surface area contributed by atoms with Crippen molar-refractivity contribution in [3.63, 3.8) is 0 Å². The fourth-order valence-electron chi connectivity index (χ4n) is 2.32. The Hall–Kier alpha value is -1.16. The third-order valence-electron chi connectivity index (χ3n) is 3.31. The second kappa shape index (κ2) is 5.96. The van der Waals surface area contributed by atoms with Gasteiger partial charge in [0.15, 0.2) is 0 Å². The quantitative estimate of drug-likeness (QED) is 0.839. The molecule has 0 amide bonds. The highest BCUT2D eigenvalue weighted by atomic mass is 15.2. The van der Waals surface area contributed by atoms with E-state index in [4.69, 9.17) is 5.73 Å². The van der Waals surface area contributed by atoms with Gasteiger partial charge in [-0.1, -0.05) is 19.3 Å². The van der Waals surface area contributed by atoms with Gasteiger partial charge in [-0.25, -0.2) is 0 Å². The molecule has 94 valence electrons. The Bertz CT molecular complexity index is 328. The van der Waals surface area contributed by atoms with E-state index in [1.807, 2.05) is 13.0 Å². The van der Waals surface area contributed by atoms with Gasteiger partial charge in [0.25, 0.3) is 0 Å². The van der Waals surface area contributed by atoms with Crippen LogP contribution in [0.1, 0.15) is 50.6 Å². The van der Waals surface area contributed by atoms with Crippen LogP contribution in [0.3, 0.4) is 0 Å². The van der Waals surface area contributed by atoms with E-state index in [1.54, 1.807) is 0 Å². The van der Waals surface area contributed by atoms with E-state index in [-0.39, 0.29) is 6.04 Å². The highest BCUT2D eigenvalue weighted by molar-refractivity contribution is 5.33. The minimum atomic E-state index is 0.134. The van der Waals surface area contributed by atoms with Crippen molar-refractivity contribution in [2.45, 2.75) is 51.0 Å². The summed E-state index contributed by atoms with van der Waals surface area (Å²) in [6.07, 6.45) is 6.56. The van der Waals surface area contributed by atoms with Crippen LogP contribution < -0.4 is 11.1 Å². The van der Waals surface area contributed by atoms with Gasteiger partial charge < -0.3 is 11.1 Å². The van der Waals surface area contributed by atoms with Crippen molar-refractivity contribution in [1.29, 1.82) is 0 Å². The predicted molar refractivity (Wildman–Crippen MR) is 70.0 cm³/mol. The third kappa shape index (κ3) is 3.66. The van der Waals surface area contributed by atoms with E-state index in [9.17, 15) is 0 Å². The predicted octanol–water partition coefficient (Wildman–Crippen LogP) is 2.28. The Morgan fingerprint density at radius 1 is 1.29 bits per heavy atom. The van der Waals surface area contributed by atoms with Crippen molar-refractivity contribution in [3.8, 4) is 0 Å². The first-order chi connectivity index (χ1) is 8.25. The van der Waals surface area contributed by atoms with Gasteiger partial charge in [-0.05, 0) is 31.9 Å². The van der Waals surface area contributed by atoms with Crippen molar-refractivity contribution in [2.75, 3.05) is 11.9 Å². The number of nitrogens with two attached hydrogens (primary N) is 1. The van der Waals surface area contributed by atoms with Crippen LogP contribution in [0.15, 0.2) is 12.1 Å². The summed E-state index contributed by atoms with van der Waals surface area (Å²) in [5.41, 5.74) is 6.83. The molecule has 0 spiro atoms. The topological polar surface area (TPSA) is 63.8 Å². The number of nitrogens with zero attached hydrogens (tertiary/aromatic N) is 2. The molecule has 1 atom stereocenters. The second-order valence-corrected chi connectivity index (χ2v) is 5.04. The summed E-state index contributed by atoms with van der Waals surface area (Å²) in [6.45, 7) is 2.70. The molecule has 2 rings (SSSR count). The monoisotopic (exact) mass is 234 g/mol. The van der Waals surface area contributed by atoms with Crippen LogP contribution in [0, 0.1) is 0 Å². The molecule has 1 unspecified atom stereocenters. The third-order valence-corrected chi connectivity index (χ3v) is 3.31. The minimum absolute atomic E-state index is 0.134. The lowest BCUT2D eigenvalue weighted by Crippen LogP contribution is -2.25. The number of aromatic nitrogens is 2. The summed E-state index contributed by atoms with van der Waals surface area (Å²) in [6, 6.07) is 4.25. The number of hydrogen-bond acceptors (Lipinski definition) is 4. The van der Waals surface area contributed by atoms with Crippen molar-refractivity contribution < 1.29 is 0 Å². The molecule has 1 saturated carbocycles. The van der Waals surface area contributed by atoms with E-state index in [0.717, 1.165) is 18.1 Å². The van der Waals surface area contributed by atoms with Gasteiger partial charge in [-0.15, -0.1) is 5.10 Å². The van der Waals surface area contributed by atoms with E-state index in [2.05, 4.69) is 21.6 Å². The van der Waals surface area contributed by atoms with Crippen molar-refractivity contribution >= 4 is 5.82 Å². The summed E-state index contributed by atoms with van der Waals surface area (Å²) >= 11 is 0. The summed E-state index contributed by atoms with van der Waals surface area (Å²) in [4.78, 5) is 0. The van der Waals surface area contributed by atoms with E-state index >= 15 is 0 Å². The molecular weight excluding hydrogens is 212 g/mol. The SMILES string of the molecule is CC(N)CNc1ccc(C2CCCCC2)nn1. The average molecular weight is 234 g/mol. The van der Waals surface area contributed by atoms with E-state index in [1.165, 1.54) is 32.1 Å². The van der Waals surface area contributed by atoms with Crippen molar-refractivity contribution in [3.05, 3.63) is 17.8 Å². The van der Waals surface area contributed by atoms with Gasteiger partial charge in [-0.3, -0.25) is 0 Å². The van der Waals surface area contributed by atoms with Crippen LogP contribution in [0.2, 0.25) is 0 Å². The molecule has 17 heavy (non-hydrogen) atoms. The molecule has 0 saturated heterocycles. The van der Waals surface area contributed by atoms with Crippen molar-refractivity contribution in [2.24, 2.45) is 5.73 Å². The maximum Gasteiger partial charge on any atom is 0.148 e. The largest absolute Gasteiger partial charge is 0.367 e. The molecular formula is C13H22N4. The van der Waals surface area contributed by atoms with Gasteiger partial charge in [0.1, 0.15) is 5.82 Å². The molecule has 4 nitrogen and oxygen atoms in total. The fraction of sp³-hybridized carbons (Fsp3) is 0.692. The zero-order chi connectivity index (χ0) is 12.1. The smallest absolute Gasteiger partial charge is 0.148 e. The maximum absolute atomic E-state index is 5.68. The Morgan fingerprint density at radius 2 is 2.06 bits per heavy atom. The zero-order valence-electron chi connectivity index (χ0n) is 10.5. The molecule has 1 aliphatic carbocycles. The molecule has 0 radical (unpaired) electrons. The second-order valence-electron chi connectivity index (χ2n) is 5.04. The summed E-state index contributed by atoms with van der Waals surface area (Å²) in [5, 5.41) is 11.7.